The van der Waals surface area contributed by atoms with Crippen LogP contribution < -0.4 is 0 Å². The Labute approximate surface area is 100 Å². The molecule has 1 aliphatic rings. The van der Waals surface area contributed by atoms with Crippen molar-refractivity contribution in [2.24, 2.45) is 5.92 Å². The minimum atomic E-state index is -0.631. The molecule has 0 saturated heterocycles. The topological polar surface area (TPSA) is 37.3 Å². The second-order valence-electron chi connectivity index (χ2n) is 4.30. The number of carbonyl (C=O) groups is 1. The number of aryl methyl sites for hydroxylation is 1. The van der Waals surface area contributed by atoms with Gasteiger partial charge in [0.05, 0.1) is 5.92 Å². The first kappa shape index (κ1) is 11.5. The lowest BCUT2D eigenvalue weighted by Gasteiger charge is -2.32. The molecule has 0 heterocycles. The van der Waals surface area contributed by atoms with Crippen LogP contribution in [-0.2, 0) is 10.5 Å². The lowest BCUT2D eigenvalue weighted by molar-refractivity contribution is -0.144. The van der Waals surface area contributed by atoms with Crippen LogP contribution in [0, 0.1) is 12.8 Å². The van der Waals surface area contributed by atoms with Gasteiger partial charge >= 0.3 is 5.97 Å². The molecule has 1 N–H and O–H groups in total. The molecule has 0 amide bonds. The van der Waals surface area contributed by atoms with Crippen molar-refractivity contribution in [1.29, 1.82) is 0 Å². The van der Waals surface area contributed by atoms with E-state index in [1.807, 2.05) is 12.1 Å². The van der Waals surface area contributed by atoms with Crippen molar-refractivity contribution in [3.05, 3.63) is 35.4 Å². The summed E-state index contributed by atoms with van der Waals surface area (Å²) in [6, 6.07) is 8.30. The van der Waals surface area contributed by atoms with Gasteiger partial charge in [0.2, 0.25) is 0 Å². The van der Waals surface area contributed by atoms with Gasteiger partial charge in [-0.15, -0.1) is 0 Å². The quantitative estimate of drug-likeness (QED) is 0.873. The van der Waals surface area contributed by atoms with Gasteiger partial charge < -0.3 is 5.11 Å². The van der Waals surface area contributed by atoms with Crippen molar-refractivity contribution >= 4 is 17.7 Å². The molecule has 0 aromatic heterocycles. The van der Waals surface area contributed by atoms with Crippen molar-refractivity contribution in [1.82, 2.24) is 0 Å². The maximum absolute atomic E-state index is 10.9. The highest BCUT2D eigenvalue weighted by atomic mass is 32.2. The molecular formula is C13H16O2S. The zero-order valence-electron chi connectivity index (χ0n) is 9.35. The Kier molecular flexibility index (Phi) is 3.54. The van der Waals surface area contributed by atoms with E-state index in [2.05, 4.69) is 19.1 Å². The van der Waals surface area contributed by atoms with E-state index in [4.69, 9.17) is 5.11 Å². The Bertz CT molecular complexity index is 389. The summed E-state index contributed by atoms with van der Waals surface area (Å²) in [6.45, 7) is 2.10. The van der Waals surface area contributed by atoms with Crippen LogP contribution in [-0.4, -0.2) is 16.3 Å². The third kappa shape index (κ3) is 2.40. The number of rotatable bonds is 4. The third-order valence-corrected chi connectivity index (χ3v) is 4.71. The van der Waals surface area contributed by atoms with E-state index in [-0.39, 0.29) is 5.92 Å². The predicted octanol–water partition coefficient (Wildman–Crippen LogP) is 3.09. The van der Waals surface area contributed by atoms with E-state index in [9.17, 15) is 4.79 Å². The van der Waals surface area contributed by atoms with Crippen LogP contribution in [0.15, 0.2) is 24.3 Å². The Morgan fingerprint density at radius 2 is 2.19 bits per heavy atom. The lowest BCUT2D eigenvalue weighted by Crippen LogP contribution is -2.35. The van der Waals surface area contributed by atoms with Gasteiger partial charge in [-0.05, 0) is 30.9 Å². The molecule has 2 atom stereocenters. The van der Waals surface area contributed by atoms with E-state index in [1.54, 1.807) is 11.8 Å². The van der Waals surface area contributed by atoms with Crippen LogP contribution in [0.5, 0.6) is 0 Å². The van der Waals surface area contributed by atoms with Crippen molar-refractivity contribution in [2.45, 2.75) is 30.8 Å². The summed E-state index contributed by atoms with van der Waals surface area (Å²) in [7, 11) is 0. The molecule has 16 heavy (non-hydrogen) atoms. The molecule has 1 aromatic carbocycles. The number of carboxylic acids is 1. The van der Waals surface area contributed by atoms with E-state index in [1.165, 1.54) is 11.1 Å². The third-order valence-electron chi connectivity index (χ3n) is 3.24. The molecule has 0 radical (unpaired) electrons. The molecule has 2 nitrogen and oxygen atoms in total. The highest BCUT2D eigenvalue weighted by Crippen LogP contribution is 2.39. The minimum Gasteiger partial charge on any atom is -0.481 e. The number of hydrogen-bond acceptors (Lipinski definition) is 2. The van der Waals surface area contributed by atoms with Gasteiger partial charge in [0.25, 0.3) is 0 Å². The van der Waals surface area contributed by atoms with Crippen LogP contribution in [0.1, 0.15) is 24.0 Å². The molecule has 1 aromatic rings. The summed E-state index contributed by atoms with van der Waals surface area (Å²) in [5, 5.41) is 9.26. The standard InChI is InChI=1S/C13H16O2S/c1-9-4-2-3-5-10(9)8-16-12-7-6-11(12)13(14)15/h2-5,11-12H,6-8H2,1H3,(H,14,15). The molecule has 2 rings (SSSR count). The second-order valence-corrected chi connectivity index (χ2v) is 5.53. The molecular weight excluding hydrogens is 220 g/mol. The fraction of sp³-hybridized carbons (Fsp3) is 0.462. The lowest BCUT2D eigenvalue weighted by atomic mass is 9.85. The van der Waals surface area contributed by atoms with Crippen LogP contribution in [0.2, 0.25) is 0 Å². The summed E-state index contributed by atoms with van der Waals surface area (Å²) in [5.74, 6) is 0.184. The Morgan fingerprint density at radius 3 is 2.75 bits per heavy atom. The van der Waals surface area contributed by atoms with E-state index in [0.717, 1.165) is 18.6 Å². The number of thioether (sulfide) groups is 1. The van der Waals surface area contributed by atoms with Gasteiger partial charge in [-0.25, -0.2) is 0 Å². The highest BCUT2D eigenvalue weighted by molar-refractivity contribution is 7.99. The fourth-order valence-electron chi connectivity index (χ4n) is 1.92. The van der Waals surface area contributed by atoms with Crippen molar-refractivity contribution < 1.29 is 9.90 Å². The van der Waals surface area contributed by atoms with E-state index >= 15 is 0 Å². The van der Waals surface area contributed by atoms with Crippen molar-refractivity contribution in [3.8, 4) is 0 Å². The van der Waals surface area contributed by atoms with Gasteiger partial charge in [0.15, 0.2) is 0 Å². The molecule has 0 aliphatic heterocycles. The summed E-state index contributed by atoms with van der Waals surface area (Å²) < 4.78 is 0. The maximum Gasteiger partial charge on any atom is 0.307 e. The van der Waals surface area contributed by atoms with Gasteiger partial charge in [0, 0.05) is 11.0 Å². The molecule has 1 saturated carbocycles. The van der Waals surface area contributed by atoms with Crippen LogP contribution in [0.25, 0.3) is 0 Å². The number of carboxylic acid groups (broad SMARTS) is 1. The summed E-state index contributed by atoms with van der Waals surface area (Å²) in [4.78, 5) is 10.9. The summed E-state index contributed by atoms with van der Waals surface area (Å²) in [6.07, 6.45) is 1.90. The molecule has 1 fully saturated rings. The van der Waals surface area contributed by atoms with E-state index < -0.39 is 5.97 Å². The second kappa shape index (κ2) is 4.91. The Balaban J connectivity index is 1.89. The number of hydrogen-bond donors (Lipinski definition) is 1. The molecule has 86 valence electrons. The predicted molar refractivity (Wildman–Crippen MR) is 66.6 cm³/mol. The number of benzene rings is 1. The first-order valence-electron chi connectivity index (χ1n) is 5.57. The van der Waals surface area contributed by atoms with Crippen LogP contribution >= 0.6 is 11.8 Å². The molecule has 0 spiro atoms. The van der Waals surface area contributed by atoms with Crippen molar-refractivity contribution in [3.63, 3.8) is 0 Å². The van der Waals surface area contributed by atoms with Gasteiger partial charge in [-0.1, -0.05) is 24.3 Å². The van der Waals surface area contributed by atoms with Gasteiger partial charge in [0.1, 0.15) is 0 Å². The maximum atomic E-state index is 10.9. The van der Waals surface area contributed by atoms with Crippen molar-refractivity contribution in [2.75, 3.05) is 0 Å². The Hall–Kier alpha value is -0.960. The van der Waals surface area contributed by atoms with Gasteiger partial charge in [-0.2, -0.15) is 11.8 Å². The molecule has 3 heteroatoms. The smallest absolute Gasteiger partial charge is 0.307 e. The summed E-state index contributed by atoms with van der Waals surface area (Å²) >= 11 is 1.79. The van der Waals surface area contributed by atoms with Gasteiger partial charge in [-0.3, -0.25) is 4.79 Å². The van der Waals surface area contributed by atoms with Crippen LogP contribution in [0.4, 0.5) is 0 Å². The molecule has 0 bridgehead atoms. The average molecular weight is 236 g/mol. The zero-order valence-corrected chi connectivity index (χ0v) is 10.2. The monoisotopic (exact) mass is 236 g/mol. The largest absolute Gasteiger partial charge is 0.481 e. The fourth-order valence-corrected chi connectivity index (χ4v) is 3.43. The van der Waals surface area contributed by atoms with Crippen LogP contribution in [0.3, 0.4) is 0 Å². The molecule has 1 aliphatic carbocycles. The first-order chi connectivity index (χ1) is 7.68. The first-order valence-corrected chi connectivity index (χ1v) is 6.62. The highest BCUT2D eigenvalue weighted by Gasteiger charge is 2.36. The number of aliphatic carboxylic acids is 1. The van der Waals surface area contributed by atoms with E-state index in [0.29, 0.717) is 5.25 Å². The zero-order chi connectivity index (χ0) is 11.5. The Morgan fingerprint density at radius 1 is 1.44 bits per heavy atom. The summed E-state index contributed by atoms with van der Waals surface area (Å²) in [5.41, 5.74) is 2.62. The normalized spacial score (nSPS) is 23.8. The average Bonchev–Trinajstić information content (AvgIpc) is 2.18. The minimum absolute atomic E-state index is 0.117. The SMILES string of the molecule is Cc1ccccc1CSC1CCC1C(=O)O. The molecule has 2 unspecified atom stereocenters.